The van der Waals surface area contributed by atoms with E-state index in [1.165, 1.54) is 0 Å². The first-order chi connectivity index (χ1) is 5.74. The summed E-state index contributed by atoms with van der Waals surface area (Å²) in [5, 5.41) is 3.30. The van der Waals surface area contributed by atoms with E-state index in [0.29, 0.717) is 24.7 Å². The van der Waals surface area contributed by atoms with Crippen molar-refractivity contribution in [3.63, 3.8) is 0 Å². The number of piperazine rings is 1. The van der Waals surface area contributed by atoms with Gasteiger partial charge in [-0.2, -0.15) is 0 Å². The smallest absolute Gasteiger partial charge is 0.134 e. The van der Waals surface area contributed by atoms with Crippen LogP contribution in [0.1, 0.15) is 19.8 Å². The minimum absolute atomic E-state index is 0.371. The number of ketones is 1. The van der Waals surface area contributed by atoms with Crippen LogP contribution in [0.5, 0.6) is 0 Å². The number of carbonyl (C=O) groups excluding carboxylic acids is 1. The highest BCUT2D eigenvalue weighted by Gasteiger charge is 2.20. The molecule has 0 aromatic carbocycles. The third-order valence-corrected chi connectivity index (χ3v) is 2.50. The van der Waals surface area contributed by atoms with Crippen molar-refractivity contribution in [2.24, 2.45) is 0 Å². The number of hydrogen-bond donors (Lipinski definition) is 1. The molecule has 1 N–H and O–H groups in total. The first kappa shape index (κ1) is 9.68. The Morgan fingerprint density at radius 3 is 3.00 bits per heavy atom. The summed E-state index contributed by atoms with van der Waals surface area (Å²) in [7, 11) is 2.09. The molecule has 1 unspecified atom stereocenters. The Morgan fingerprint density at radius 1 is 1.67 bits per heavy atom. The topological polar surface area (TPSA) is 32.3 Å². The highest BCUT2D eigenvalue weighted by Crippen LogP contribution is 2.05. The number of nitrogens with one attached hydrogen (secondary N) is 1. The van der Waals surface area contributed by atoms with Crippen LogP contribution in [-0.2, 0) is 4.79 Å². The molecule has 0 aliphatic carbocycles. The van der Waals surface area contributed by atoms with E-state index in [4.69, 9.17) is 0 Å². The lowest BCUT2D eigenvalue weighted by atomic mass is 10.1. The molecular formula is C9H18N2O. The first-order valence-electron chi connectivity index (χ1n) is 4.66. The second kappa shape index (κ2) is 4.58. The minimum Gasteiger partial charge on any atom is -0.314 e. The van der Waals surface area contributed by atoms with E-state index in [0.717, 1.165) is 19.6 Å². The number of Topliss-reactive ketones (excluding diaryl/α,β-unsaturated/α-hetero) is 1. The second-order valence-electron chi connectivity index (χ2n) is 3.43. The Kier molecular flexibility index (Phi) is 3.69. The molecule has 1 heterocycles. The van der Waals surface area contributed by atoms with Gasteiger partial charge in [0, 0.05) is 38.5 Å². The third-order valence-electron chi connectivity index (χ3n) is 2.50. The summed E-state index contributed by atoms with van der Waals surface area (Å²) in [6.45, 7) is 5.00. The van der Waals surface area contributed by atoms with Crippen LogP contribution < -0.4 is 5.32 Å². The standard InChI is InChI=1S/C9H18N2O/c1-3-9(12)6-8-7-10-4-5-11(8)2/h8,10H,3-7H2,1-2H3. The number of likely N-dealkylation sites (N-methyl/N-ethyl adjacent to an activating group) is 1. The van der Waals surface area contributed by atoms with Crippen molar-refractivity contribution in [1.82, 2.24) is 10.2 Å². The monoisotopic (exact) mass is 170 g/mol. The minimum atomic E-state index is 0.371. The molecule has 1 fully saturated rings. The SMILES string of the molecule is CCC(=O)CC1CNCCN1C. The van der Waals surface area contributed by atoms with E-state index in [-0.39, 0.29) is 0 Å². The Labute approximate surface area is 74.1 Å². The molecule has 70 valence electrons. The van der Waals surface area contributed by atoms with Gasteiger partial charge in [-0.25, -0.2) is 0 Å². The average Bonchev–Trinajstić information content (AvgIpc) is 2.09. The van der Waals surface area contributed by atoms with Crippen LogP contribution in [0.25, 0.3) is 0 Å². The molecule has 1 saturated heterocycles. The number of hydrogen-bond acceptors (Lipinski definition) is 3. The predicted molar refractivity (Wildman–Crippen MR) is 49.2 cm³/mol. The second-order valence-corrected chi connectivity index (χ2v) is 3.43. The molecule has 1 atom stereocenters. The van der Waals surface area contributed by atoms with Crippen LogP contribution in [0.3, 0.4) is 0 Å². The summed E-state index contributed by atoms with van der Waals surface area (Å²) in [4.78, 5) is 13.4. The zero-order valence-electron chi connectivity index (χ0n) is 7.97. The number of rotatable bonds is 3. The number of nitrogens with zero attached hydrogens (tertiary/aromatic N) is 1. The quantitative estimate of drug-likeness (QED) is 0.659. The Bertz CT molecular complexity index is 159. The van der Waals surface area contributed by atoms with Crippen molar-refractivity contribution in [3.8, 4) is 0 Å². The summed E-state index contributed by atoms with van der Waals surface area (Å²) >= 11 is 0. The van der Waals surface area contributed by atoms with Gasteiger partial charge in [0.05, 0.1) is 0 Å². The molecular weight excluding hydrogens is 152 g/mol. The van der Waals surface area contributed by atoms with Gasteiger partial charge in [0.2, 0.25) is 0 Å². The lowest BCUT2D eigenvalue weighted by molar-refractivity contribution is -0.120. The van der Waals surface area contributed by atoms with E-state index < -0.39 is 0 Å². The molecule has 3 nitrogen and oxygen atoms in total. The van der Waals surface area contributed by atoms with Gasteiger partial charge >= 0.3 is 0 Å². The van der Waals surface area contributed by atoms with E-state index in [1.807, 2.05) is 6.92 Å². The van der Waals surface area contributed by atoms with Crippen LogP contribution in [0.15, 0.2) is 0 Å². The largest absolute Gasteiger partial charge is 0.314 e. The van der Waals surface area contributed by atoms with E-state index >= 15 is 0 Å². The van der Waals surface area contributed by atoms with E-state index in [1.54, 1.807) is 0 Å². The van der Waals surface area contributed by atoms with Gasteiger partial charge in [-0.15, -0.1) is 0 Å². The van der Waals surface area contributed by atoms with E-state index in [2.05, 4.69) is 17.3 Å². The van der Waals surface area contributed by atoms with Crippen molar-refractivity contribution >= 4 is 5.78 Å². The Balaban J connectivity index is 2.33. The molecule has 3 heteroatoms. The van der Waals surface area contributed by atoms with Gasteiger partial charge < -0.3 is 10.2 Å². The van der Waals surface area contributed by atoms with Crippen molar-refractivity contribution in [2.75, 3.05) is 26.7 Å². The maximum absolute atomic E-state index is 11.2. The Morgan fingerprint density at radius 2 is 2.42 bits per heavy atom. The summed E-state index contributed by atoms with van der Waals surface area (Å²) in [6, 6.07) is 0.422. The highest BCUT2D eigenvalue weighted by atomic mass is 16.1. The fourth-order valence-corrected chi connectivity index (χ4v) is 1.50. The fourth-order valence-electron chi connectivity index (χ4n) is 1.50. The molecule has 0 saturated carbocycles. The normalized spacial score (nSPS) is 25.7. The summed E-state index contributed by atoms with van der Waals surface area (Å²) in [6.07, 6.45) is 1.38. The van der Waals surface area contributed by atoms with Gasteiger partial charge in [-0.1, -0.05) is 6.92 Å². The van der Waals surface area contributed by atoms with Crippen LogP contribution in [-0.4, -0.2) is 43.4 Å². The molecule has 0 amide bonds. The lowest BCUT2D eigenvalue weighted by Crippen LogP contribution is -2.49. The fraction of sp³-hybridized carbons (Fsp3) is 0.889. The zero-order chi connectivity index (χ0) is 8.97. The molecule has 0 bridgehead atoms. The van der Waals surface area contributed by atoms with Gasteiger partial charge in [0.25, 0.3) is 0 Å². The van der Waals surface area contributed by atoms with Crippen molar-refractivity contribution in [3.05, 3.63) is 0 Å². The highest BCUT2D eigenvalue weighted by molar-refractivity contribution is 5.78. The zero-order valence-corrected chi connectivity index (χ0v) is 7.97. The summed E-state index contributed by atoms with van der Waals surface area (Å²) < 4.78 is 0. The molecule has 0 radical (unpaired) electrons. The van der Waals surface area contributed by atoms with Crippen molar-refractivity contribution < 1.29 is 4.79 Å². The van der Waals surface area contributed by atoms with Crippen LogP contribution in [0.2, 0.25) is 0 Å². The molecule has 0 aromatic heterocycles. The summed E-state index contributed by atoms with van der Waals surface area (Å²) in [5.41, 5.74) is 0. The first-order valence-corrected chi connectivity index (χ1v) is 4.66. The third kappa shape index (κ3) is 2.57. The molecule has 1 aliphatic heterocycles. The maximum Gasteiger partial charge on any atom is 0.134 e. The molecule has 0 aromatic rings. The lowest BCUT2D eigenvalue weighted by Gasteiger charge is -2.32. The van der Waals surface area contributed by atoms with E-state index in [9.17, 15) is 4.79 Å². The van der Waals surface area contributed by atoms with Gasteiger partial charge in [0.15, 0.2) is 0 Å². The summed E-state index contributed by atoms with van der Waals surface area (Å²) in [5.74, 6) is 0.371. The molecule has 1 rings (SSSR count). The maximum atomic E-state index is 11.2. The molecule has 1 aliphatic rings. The Hall–Kier alpha value is -0.410. The van der Waals surface area contributed by atoms with Crippen molar-refractivity contribution in [2.45, 2.75) is 25.8 Å². The van der Waals surface area contributed by atoms with Gasteiger partial charge in [-0.3, -0.25) is 4.79 Å². The van der Waals surface area contributed by atoms with Crippen LogP contribution in [0, 0.1) is 0 Å². The molecule has 0 spiro atoms. The van der Waals surface area contributed by atoms with Gasteiger partial charge in [0.1, 0.15) is 5.78 Å². The van der Waals surface area contributed by atoms with Gasteiger partial charge in [-0.05, 0) is 7.05 Å². The van der Waals surface area contributed by atoms with Crippen molar-refractivity contribution in [1.29, 1.82) is 0 Å². The van der Waals surface area contributed by atoms with Crippen LogP contribution in [0.4, 0.5) is 0 Å². The molecule has 12 heavy (non-hydrogen) atoms. The average molecular weight is 170 g/mol. The number of carbonyl (C=O) groups is 1. The van der Waals surface area contributed by atoms with Crippen LogP contribution >= 0.6 is 0 Å². The predicted octanol–water partition coefficient (Wildman–Crippen LogP) is 0.259.